The zero-order valence-electron chi connectivity index (χ0n) is 8.19. The molecule has 0 aliphatic heterocycles. The second kappa shape index (κ2) is 5.53. The predicted molar refractivity (Wildman–Crippen MR) is 49.8 cm³/mol. The van der Waals surface area contributed by atoms with Crippen LogP contribution in [0.1, 0.15) is 11.7 Å². The van der Waals surface area contributed by atoms with Crippen molar-refractivity contribution in [2.45, 2.75) is 6.10 Å². The molecule has 0 aliphatic rings. The zero-order chi connectivity index (χ0) is 12.1. The summed E-state index contributed by atoms with van der Waals surface area (Å²) in [6, 6.07) is 2.92. The van der Waals surface area contributed by atoms with Crippen LogP contribution in [0.5, 0.6) is 0 Å². The Morgan fingerprint density at radius 2 is 2.06 bits per heavy atom. The van der Waals surface area contributed by atoms with E-state index in [2.05, 4.69) is 4.74 Å². The van der Waals surface area contributed by atoms with Crippen molar-refractivity contribution in [3.05, 3.63) is 35.4 Å². The highest BCUT2D eigenvalue weighted by Crippen LogP contribution is 2.16. The molecule has 0 spiro atoms. The van der Waals surface area contributed by atoms with Crippen molar-refractivity contribution in [2.75, 3.05) is 13.2 Å². The molecule has 88 valence electrons. The maximum Gasteiger partial charge on any atom is 0.329 e. The quantitative estimate of drug-likeness (QED) is 0.797. The Morgan fingerprint density at radius 1 is 1.38 bits per heavy atom. The van der Waals surface area contributed by atoms with E-state index in [0.29, 0.717) is 0 Å². The number of benzene rings is 1. The van der Waals surface area contributed by atoms with Gasteiger partial charge in [0.25, 0.3) is 0 Å². The second-order valence-corrected chi connectivity index (χ2v) is 3.10. The van der Waals surface area contributed by atoms with Crippen molar-refractivity contribution >= 4 is 5.97 Å². The molecule has 4 nitrogen and oxygen atoms in total. The van der Waals surface area contributed by atoms with Crippen LogP contribution in [0.4, 0.5) is 8.78 Å². The van der Waals surface area contributed by atoms with Crippen LogP contribution >= 0.6 is 0 Å². The molecule has 0 saturated heterocycles. The summed E-state index contributed by atoms with van der Waals surface area (Å²) in [4.78, 5) is 10.1. The third kappa shape index (κ3) is 3.56. The SMILES string of the molecule is O=C(O)COCC(O)c1ccc(F)c(F)c1. The third-order valence-electron chi connectivity index (χ3n) is 1.83. The lowest BCUT2D eigenvalue weighted by Gasteiger charge is -2.10. The van der Waals surface area contributed by atoms with Crippen molar-refractivity contribution in [3.63, 3.8) is 0 Å². The summed E-state index contributed by atoms with van der Waals surface area (Å²) in [6.07, 6.45) is -1.19. The van der Waals surface area contributed by atoms with Gasteiger partial charge in [0.05, 0.1) is 6.61 Å². The molecule has 1 unspecified atom stereocenters. The van der Waals surface area contributed by atoms with Crippen molar-refractivity contribution in [1.82, 2.24) is 0 Å². The second-order valence-electron chi connectivity index (χ2n) is 3.10. The molecule has 16 heavy (non-hydrogen) atoms. The highest BCUT2D eigenvalue weighted by Gasteiger charge is 2.11. The largest absolute Gasteiger partial charge is 0.480 e. The summed E-state index contributed by atoms with van der Waals surface area (Å²) in [5.41, 5.74) is 0.129. The molecule has 0 saturated carbocycles. The Kier molecular flexibility index (Phi) is 4.33. The van der Waals surface area contributed by atoms with E-state index in [1.807, 2.05) is 0 Å². The predicted octanol–water partition coefficient (Wildman–Crippen LogP) is 1.10. The summed E-state index contributed by atoms with van der Waals surface area (Å²) < 4.78 is 29.9. The van der Waals surface area contributed by atoms with E-state index in [1.54, 1.807) is 0 Å². The molecule has 1 aromatic rings. The van der Waals surface area contributed by atoms with Crippen LogP contribution in [0.3, 0.4) is 0 Å². The summed E-state index contributed by atoms with van der Waals surface area (Å²) in [5, 5.41) is 17.7. The van der Waals surface area contributed by atoms with E-state index in [-0.39, 0.29) is 12.2 Å². The van der Waals surface area contributed by atoms with Gasteiger partial charge in [0.1, 0.15) is 12.7 Å². The number of rotatable bonds is 5. The Hall–Kier alpha value is -1.53. The lowest BCUT2D eigenvalue weighted by molar-refractivity contribution is -0.143. The number of ether oxygens (including phenoxy) is 1. The standard InChI is InChI=1S/C10H10F2O4/c11-7-2-1-6(3-8(7)12)9(13)4-16-5-10(14)15/h1-3,9,13H,4-5H2,(H,14,15). The lowest BCUT2D eigenvalue weighted by Crippen LogP contribution is -2.13. The Bertz CT molecular complexity index is 381. The highest BCUT2D eigenvalue weighted by atomic mass is 19.2. The number of hydrogen-bond donors (Lipinski definition) is 2. The van der Waals surface area contributed by atoms with Crippen LogP contribution < -0.4 is 0 Å². The number of carbonyl (C=O) groups is 1. The minimum Gasteiger partial charge on any atom is -0.480 e. The zero-order valence-corrected chi connectivity index (χ0v) is 8.19. The topological polar surface area (TPSA) is 66.8 Å². The lowest BCUT2D eigenvalue weighted by atomic mass is 10.1. The van der Waals surface area contributed by atoms with Gasteiger partial charge in [-0.05, 0) is 17.7 Å². The number of hydrogen-bond acceptors (Lipinski definition) is 3. The Morgan fingerprint density at radius 3 is 2.62 bits per heavy atom. The normalized spacial score (nSPS) is 12.4. The third-order valence-corrected chi connectivity index (χ3v) is 1.83. The molecule has 0 bridgehead atoms. The van der Waals surface area contributed by atoms with Gasteiger partial charge in [-0.2, -0.15) is 0 Å². The van der Waals surface area contributed by atoms with Crippen LogP contribution in [0.25, 0.3) is 0 Å². The molecule has 0 amide bonds. The van der Waals surface area contributed by atoms with Gasteiger partial charge in [-0.15, -0.1) is 0 Å². The number of aliphatic hydroxyl groups is 1. The molecular formula is C10H10F2O4. The van der Waals surface area contributed by atoms with E-state index < -0.39 is 30.3 Å². The molecule has 0 aromatic heterocycles. The minimum atomic E-state index is -1.19. The van der Waals surface area contributed by atoms with Crippen LogP contribution in [0.15, 0.2) is 18.2 Å². The first-order chi connectivity index (χ1) is 7.50. The van der Waals surface area contributed by atoms with Gasteiger partial charge in [-0.3, -0.25) is 0 Å². The summed E-state index contributed by atoms with van der Waals surface area (Å²) in [6.45, 7) is -0.849. The molecule has 0 fully saturated rings. The van der Waals surface area contributed by atoms with E-state index >= 15 is 0 Å². The summed E-state index contributed by atoms with van der Waals surface area (Å²) in [5.74, 6) is -3.25. The Balaban J connectivity index is 2.55. The monoisotopic (exact) mass is 232 g/mol. The minimum absolute atomic E-state index is 0.129. The molecule has 1 rings (SSSR count). The van der Waals surface area contributed by atoms with Gasteiger partial charge in [0, 0.05) is 0 Å². The van der Waals surface area contributed by atoms with Gasteiger partial charge in [0.2, 0.25) is 0 Å². The number of aliphatic carboxylic acids is 1. The van der Waals surface area contributed by atoms with Crippen LogP contribution in [0, 0.1) is 11.6 Å². The van der Waals surface area contributed by atoms with Crippen molar-refractivity contribution < 1.29 is 28.5 Å². The van der Waals surface area contributed by atoms with Gasteiger partial charge in [-0.1, -0.05) is 6.07 Å². The Labute approximate surface area is 90.1 Å². The molecule has 6 heteroatoms. The van der Waals surface area contributed by atoms with Crippen LogP contribution in [-0.4, -0.2) is 29.4 Å². The van der Waals surface area contributed by atoms with E-state index in [0.717, 1.165) is 12.1 Å². The van der Waals surface area contributed by atoms with Crippen molar-refractivity contribution in [3.8, 4) is 0 Å². The maximum absolute atomic E-state index is 12.8. The van der Waals surface area contributed by atoms with Crippen LogP contribution in [-0.2, 0) is 9.53 Å². The van der Waals surface area contributed by atoms with Gasteiger partial charge in [-0.25, -0.2) is 13.6 Å². The van der Waals surface area contributed by atoms with Gasteiger partial charge >= 0.3 is 5.97 Å². The van der Waals surface area contributed by atoms with Crippen molar-refractivity contribution in [1.29, 1.82) is 0 Å². The van der Waals surface area contributed by atoms with Crippen molar-refractivity contribution in [2.24, 2.45) is 0 Å². The first-order valence-electron chi connectivity index (χ1n) is 4.43. The average Bonchev–Trinajstić information content (AvgIpc) is 2.21. The molecule has 2 N–H and O–H groups in total. The molecule has 0 aliphatic carbocycles. The summed E-state index contributed by atoms with van der Waals surface area (Å²) >= 11 is 0. The molecule has 1 aromatic carbocycles. The fourth-order valence-electron chi connectivity index (χ4n) is 1.07. The number of carboxylic acid groups (broad SMARTS) is 1. The fraction of sp³-hybridized carbons (Fsp3) is 0.300. The number of halogens is 2. The first-order valence-corrected chi connectivity index (χ1v) is 4.43. The van der Waals surface area contributed by atoms with E-state index in [1.165, 1.54) is 6.07 Å². The fourth-order valence-corrected chi connectivity index (χ4v) is 1.07. The summed E-state index contributed by atoms with van der Waals surface area (Å²) in [7, 11) is 0. The highest BCUT2D eigenvalue weighted by molar-refractivity contribution is 5.67. The number of carboxylic acids is 1. The smallest absolute Gasteiger partial charge is 0.329 e. The molecular weight excluding hydrogens is 222 g/mol. The van der Waals surface area contributed by atoms with E-state index in [4.69, 9.17) is 5.11 Å². The maximum atomic E-state index is 12.8. The van der Waals surface area contributed by atoms with Gasteiger partial charge < -0.3 is 14.9 Å². The molecule has 0 radical (unpaired) electrons. The van der Waals surface area contributed by atoms with E-state index in [9.17, 15) is 18.7 Å². The van der Waals surface area contributed by atoms with Crippen LogP contribution in [0.2, 0.25) is 0 Å². The molecule has 1 atom stereocenters. The average molecular weight is 232 g/mol. The first kappa shape index (κ1) is 12.5. The van der Waals surface area contributed by atoms with Gasteiger partial charge in [0.15, 0.2) is 11.6 Å². The molecule has 0 heterocycles. The number of aliphatic hydroxyl groups excluding tert-OH is 1.